The summed E-state index contributed by atoms with van der Waals surface area (Å²) in [6.45, 7) is -0.364. The van der Waals surface area contributed by atoms with Crippen LogP contribution in [0.2, 0.25) is 0 Å². The Labute approximate surface area is 105 Å². The van der Waals surface area contributed by atoms with Crippen molar-refractivity contribution in [3.05, 3.63) is 9.81 Å². The molecule has 0 amide bonds. The quantitative estimate of drug-likeness (QED) is 0.325. The van der Waals surface area contributed by atoms with Crippen molar-refractivity contribution in [3.63, 3.8) is 0 Å². The third-order valence-electron chi connectivity index (χ3n) is 1.90. The number of sulfonamides is 2. The van der Waals surface area contributed by atoms with Crippen LogP contribution in [0.1, 0.15) is 12.8 Å². The van der Waals surface area contributed by atoms with Crippen LogP contribution in [0.5, 0.6) is 0 Å². The number of nitroso groups, excluding NO2 is 2. The van der Waals surface area contributed by atoms with Gasteiger partial charge in [-0.3, -0.25) is 0 Å². The van der Waals surface area contributed by atoms with Crippen molar-refractivity contribution < 1.29 is 16.8 Å². The zero-order chi connectivity index (χ0) is 14.4. The maximum atomic E-state index is 11.0. The molecule has 0 aromatic rings. The monoisotopic (exact) mass is 302 g/mol. The predicted molar refractivity (Wildman–Crippen MR) is 63.9 cm³/mol. The minimum Gasteiger partial charge on any atom is -0.205 e. The van der Waals surface area contributed by atoms with Gasteiger partial charge in [-0.05, 0) is 12.8 Å². The van der Waals surface area contributed by atoms with Gasteiger partial charge in [0.2, 0.25) is 20.0 Å². The summed E-state index contributed by atoms with van der Waals surface area (Å²) in [5.74, 6) is 0. The van der Waals surface area contributed by atoms with E-state index >= 15 is 0 Å². The minimum absolute atomic E-state index is 0.167. The lowest BCUT2D eigenvalue weighted by Gasteiger charge is -2.14. The molecule has 0 unspecified atom stereocenters. The topological polar surface area (TPSA) is 134 Å². The number of hydrogen-bond acceptors (Lipinski definition) is 8. The Morgan fingerprint density at radius 2 is 1.06 bits per heavy atom. The standard InChI is InChI=1S/C6H14N4O6S2/c1-17(13,14)9(7-11)5-3-4-6-10(8-12)18(2,15)16/h3-6H2,1-2H3. The van der Waals surface area contributed by atoms with E-state index in [2.05, 4.69) is 10.6 Å². The number of nitrogens with zero attached hydrogens (tertiary/aromatic N) is 4. The second kappa shape index (κ2) is 6.58. The number of unbranched alkanes of at least 4 members (excludes halogenated alkanes) is 1. The molecule has 0 saturated carbocycles. The lowest BCUT2D eigenvalue weighted by molar-refractivity contribution is 0.383. The second-order valence-electron chi connectivity index (χ2n) is 3.49. The summed E-state index contributed by atoms with van der Waals surface area (Å²) in [6, 6.07) is 0. The highest BCUT2D eigenvalue weighted by atomic mass is 32.2. The molecule has 0 bridgehead atoms. The van der Waals surface area contributed by atoms with Gasteiger partial charge in [0.25, 0.3) is 0 Å². The van der Waals surface area contributed by atoms with E-state index in [1.807, 2.05) is 0 Å². The Kier molecular flexibility index (Phi) is 6.11. The van der Waals surface area contributed by atoms with Gasteiger partial charge >= 0.3 is 0 Å². The first-order valence-corrected chi connectivity index (χ1v) is 8.44. The Morgan fingerprint density at radius 3 is 1.22 bits per heavy atom. The molecule has 18 heavy (non-hydrogen) atoms. The maximum Gasteiger partial charge on any atom is 0.249 e. The molecular formula is C6H14N4O6S2. The fraction of sp³-hybridized carbons (Fsp3) is 1.00. The Hall–Kier alpha value is -1.30. The molecule has 0 aromatic heterocycles. The normalized spacial score (nSPS) is 11.9. The Balaban J connectivity index is 4.22. The molecule has 0 aliphatic carbocycles. The smallest absolute Gasteiger partial charge is 0.205 e. The van der Waals surface area contributed by atoms with E-state index < -0.39 is 20.0 Å². The SMILES string of the molecule is CS(=O)(=O)N(CCCCN(N=O)S(C)(=O)=O)N=O. The molecule has 10 nitrogen and oxygen atoms in total. The van der Waals surface area contributed by atoms with Crippen molar-refractivity contribution in [2.24, 2.45) is 10.6 Å². The van der Waals surface area contributed by atoms with Gasteiger partial charge in [0.05, 0.1) is 36.2 Å². The first-order valence-electron chi connectivity index (χ1n) is 4.75. The van der Waals surface area contributed by atoms with Gasteiger partial charge in [0, 0.05) is 0 Å². The van der Waals surface area contributed by atoms with Crippen LogP contribution < -0.4 is 0 Å². The summed E-state index contributed by atoms with van der Waals surface area (Å²) < 4.78 is 44.6. The van der Waals surface area contributed by atoms with Crippen molar-refractivity contribution in [2.75, 3.05) is 25.6 Å². The lowest BCUT2D eigenvalue weighted by Crippen LogP contribution is -2.28. The van der Waals surface area contributed by atoms with Crippen LogP contribution in [0.4, 0.5) is 0 Å². The first-order chi connectivity index (χ1) is 8.12. The van der Waals surface area contributed by atoms with Gasteiger partial charge in [-0.25, -0.2) is 16.8 Å². The first kappa shape index (κ1) is 16.7. The molecule has 0 fully saturated rings. The number of hydrogen-bond donors (Lipinski definition) is 0. The van der Waals surface area contributed by atoms with Gasteiger partial charge in [-0.2, -0.15) is 8.83 Å². The van der Waals surface area contributed by atoms with Gasteiger partial charge < -0.3 is 0 Å². The van der Waals surface area contributed by atoms with Crippen LogP contribution in [0.15, 0.2) is 10.6 Å². The van der Waals surface area contributed by atoms with E-state index in [1.54, 1.807) is 0 Å². The van der Waals surface area contributed by atoms with Crippen molar-refractivity contribution in [2.45, 2.75) is 12.8 Å². The highest BCUT2D eigenvalue weighted by molar-refractivity contribution is 7.88. The van der Waals surface area contributed by atoms with E-state index in [1.165, 1.54) is 0 Å². The summed E-state index contributed by atoms with van der Waals surface area (Å²) in [4.78, 5) is 20.4. The molecule has 0 aliphatic heterocycles. The zero-order valence-corrected chi connectivity index (χ0v) is 11.5. The van der Waals surface area contributed by atoms with Crippen molar-refractivity contribution in [1.82, 2.24) is 8.83 Å². The van der Waals surface area contributed by atoms with Crippen molar-refractivity contribution >= 4 is 20.0 Å². The predicted octanol–water partition coefficient (Wildman–Crippen LogP) is -0.347. The Bertz CT molecular complexity index is 440. The molecule has 106 valence electrons. The van der Waals surface area contributed by atoms with Crippen molar-refractivity contribution in [1.29, 1.82) is 0 Å². The van der Waals surface area contributed by atoms with Crippen LogP contribution >= 0.6 is 0 Å². The van der Waals surface area contributed by atoms with Gasteiger partial charge in [0.15, 0.2) is 0 Å². The van der Waals surface area contributed by atoms with Gasteiger partial charge in [-0.1, -0.05) is 0 Å². The van der Waals surface area contributed by atoms with E-state index in [0.29, 0.717) is 8.83 Å². The average Bonchev–Trinajstić information content (AvgIpc) is 2.19. The molecule has 0 spiro atoms. The Morgan fingerprint density at radius 1 is 0.778 bits per heavy atom. The average molecular weight is 302 g/mol. The fourth-order valence-electron chi connectivity index (χ4n) is 1.03. The summed E-state index contributed by atoms with van der Waals surface area (Å²) >= 11 is 0. The molecule has 0 aliphatic rings. The summed E-state index contributed by atoms with van der Waals surface area (Å²) in [6.07, 6.45) is 1.98. The summed E-state index contributed by atoms with van der Waals surface area (Å²) in [5.41, 5.74) is 0. The largest absolute Gasteiger partial charge is 0.249 e. The maximum absolute atomic E-state index is 11.0. The molecular weight excluding hydrogens is 288 g/mol. The summed E-state index contributed by atoms with van der Waals surface area (Å²) in [5, 5.41) is 4.65. The number of rotatable bonds is 9. The molecule has 0 atom stereocenters. The van der Waals surface area contributed by atoms with Gasteiger partial charge in [-0.15, -0.1) is 9.81 Å². The summed E-state index contributed by atoms with van der Waals surface area (Å²) in [7, 11) is -7.43. The molecule has 0 aromatic carbocycles. The highest BCUT2D eigenvalue weighted by Crippen LogP contribution is 2.05. The second-order valence-corrected chi connectivity index (χ2v) is 7.26. The van der Waals surface area contributed by atoms with Crippen LogP contribution in [0, 0.1) is 9.81 Å². The molecule has 0 N–H and O–H groups in total. The van der Waals surface area contributed by atoms with Crippen LogP contribution in [0.3, 0.4) is 0 Å². The zero-order valence-electron chi connectivity index (χ0n) is 9.88. The van der Waals surface area contributed by atoms with Gasteiger partial charge in [0.1, 0.15) is 0 Å². The van der Waals surface area contributed by atoms with Crippen LogP contribution in [0.25, 0.3) is 0 Å². The van der Waals surface area contributed by atoms with E-state index in [4.69, 9.17) is 0 Å². The van der Waals surface area contributed by atoms with E-state index in [9.17, 15) is 26.6 Å². The minimum atomic E-state index is -3.71. The fourth-order valence-corrected chi connectivity index (χ4v) is 2.19. The molecule has 0 saturated heterocycles. The third kappa shape index (κ3) is 5.86. The van der Waals surface area contributed by atoms with E-state index in [-0.39, 0.29) is 25.9 Å². The molecule has 0 radical (unpaired) electrons. The molecule has 12 heteroatoms. The highest BCUT2D eigenvalue weighted by Gasteiger charge is 2.17. The molecule has 0 heterocycles. The lowest BCUT2D eigenvalue weighted by atomic mass is 10.3. The van der Waals surface area contributed by atoms with E-state index in [0.717, 1.165) is 12.5 Å². The third-order valence-corrected chi connectivity index (χ3v) is 3.93. The van der Waals surface area contributed by atoms with Crippen molar-refractivity contribution in [3.8, 4) is 0 Å². The molecule has 0 rings (SSSR count). The van der Waals surface area contributed by atoms with Crippen LogP contribution in [-0.4, -0.2) is 51.3 Å². The van der Waals surface area contributed by atoms with Crippen LogP contribution in [-0.2, 0) is 20.0 Å².